The van der Waals surface area contributed by atoms with Crippen molar-refractivity contribution in [1.29, 1.82) is 0 Å². The van der Waals surface area contributed by atoms with Crippen LogP contribution in [0.4, 0.5) is 0 Å². The third-order valence-corrected chi connectivity index (χ3v) is 12.0. The topological polar surface area (TPSA) is 97.8 Å². The first kappa shape index (κ1) is 37.9. The number of fused-ring (bicyclic) bond motifs is 8. The highest BCUT2D eigenvalue weighted by atomic mass is 16.3. The monoisotopic (exact) mass is 772 g/mol. The van der Waals surface area contributed by atoms with Crippen LogP contribution in [0.3, 0.4) is 0 Å². The Bertz CT molecular complexity index is 2860. The van der Waals surface area contributed by atoms with Gasteiger partial charge in [-0.15, -0.1) is 0 Å². The number of benzene rings is 4. The molecule has 0 radical (unpaired) electrons. The van der Waals surface area contributed by atoms with Crippen LogP contribution in [0.1, 0.15) is 64.8 Å². The van der Waals surface area contributed by atoms with Gasteiger partial charge in [0.1, 0.15) is 0 Å². The summed E-state index contributed by atoms with van der Waals surface area (Å²) in [6.07, 6.45) is 9.64. The second-order valence-corrected chi connectivity index (χ2v) is 16.2. The van der Waals surface area contributed by atoms with Gasteiger partial charge < -0.3 is 20.2 Å². The number of aromatic nitrogens is 4. The van der Waals surface area contributed by atoms with Crippen molar-refractivity contribution in [1.82, 2.24) is 19.9 Å². The van der Waals surface area contributed by atoms with Crippen molar-refractivity contribution >= 4 is 46.4 Å². The van der Waals surface area contributed by atoms with Crippen LogP contribution >= 0.6 is 0 Å². The molecule has 0 saturated carbocycles. The van der Waals surface area contributed by atoms with Gasteiger partial charge in [0.15, 0.2) is 0 Å². The second kappa shape index (κ2) is 15.6. The summed E-state index contributed by atoms with van der Waals surface area (Å²) in [5, 5.41) is 19.9. The van der Waals surface area contributed by atoms with Crippen molar-refractivity contribution in [3.63, 3.8) is 0 Å². The van der Waals surface area contributed by atoms with Crippen LogP contribution < -0.4 is 0 Å². The van der Waals surface area contributed by atoms with E-state index in [0.717, 1.165) is 94.9 Å². The molecule has 0 unspecified atom stereocenters. The van der Waals surface area contributed by atoms with Gasteiger partial charge in [-0.3, -0.25) is 0 Å². The maximum atomic E-state index is 9.94. The quantitative estimate of drug-likeness (QED) is 0.117. The van der Waals surface area contributed by atoms with E-state index in [1.807, 2.05) is 0 Å². The summed E-state index contributed by atoms with van der Waals surface area (Å²) in [6.45, 7) is 8.54. The van der Waals surface area contributed by atoms with Crippen LogP contribution in [-0.4, -0.2) is 43.4 Å². The number of hydrogen-bond donors (Lipinski definition) is 4. The highest BCUT2D eigenvalue weighted by molar-refractivity contribution is 5.99. The van der Waals surface area contributed by atoms with E-state index in [-0.39, 0.29) is 18.6 Å². The minimum Gasteiger partial charge on any atom is -0.396 e. The number of nitrogens with one attached hydrogen (secondary N) is 2. The van der Waals surface area contributed by atoms with Gasteiger partial charge in [-0.25, -0.2) is 9.97 Å². The zero-order valence-corrected chi connectivity index (χ0v) is 34.0. The smallest absolute Gasteiger partial charge is 0.0737 e. The molecule has 8 bridgehead atoms. The SMILES string of the molecule is Cc1ccc(-c2c3nc(c(-c4ccc(C)cc4)c4ccc([nH]4)c(-c4ccc(C(C)(CCO)CCO)cc4)c4nc(c(-c5ccc(C)cc5)c5ccc2[nH]5)C=C4)C=C3)cc1. The molecule has 0 amide bonds. The van der Waals surface area contributed by atoms with E-state index in [1.54, 1.807) is 0 Å². The minimum atomic E-state index is -0.356. The summed E-state index contributed by atoms with van der Waals surface area (Å²) >= 11 is 0. The molecule has 0 saturated heterocycles. The molecule has 2 aliphatic rings. The third-order valence-electron chi connectivity index (χ3n) is 12.0. The van der Waals surface area contributed by atoms with E-state index in [2.05, 4.69) is 183 Å². The summed E-state index contributed by atoms with van der Waals surface area (Å²) in [5.41, 5.74) is 19.8. The molecule has 0 fully saturated rings. The summed E-state index contributed by atoms with van der Waals surface area (Å²) in [5.74, 6) is 0. The molecule has 3 aromatic heterocycles. The summed E-state index contributed by atoms with van der Waals surface area (Å²) < 4.78 is 0. The normalized spacial score (nSPS) is 12.4. The maximum Gasteiger partial charge on any atom is 0.0737 e. The van der Waals surface area contributed by atoms with Crippen LogP contribution in [0.5, 0.6) is 0 Å². The van der Waals surface area contributed by atoms with Crippen molar-refractivity contribution in [3.8, 4) is 44.5 Å². The molecule has 59 heavy (non-hydrogen) atoms. The molecule has 0 aliphatic carbocycles. The number of hydrogen-bond acceptors (Lipinski definition) is 4. The average molecular weight is 773 g/mol. The number of aliphatic hydroxyl groups excluding tert-OH is 2. The number of aryl methyl sites for hydroxylation is 3. The van der Waals surface area contributed by atoms with E-state index in [9.17, 15) is 10.2 Å². The van der Waals surface area contributed by atoms with Gasteiger partial charge in [-0.1, -0.05) is 121 Å². The Balaban J connectivity index is 1.40. The summed E-state index contributed by atoms with van der Waals surface area (Å²) in [4.78, 5) is 18.6. The Morgan fingerprint density at radius 2 is 0.678 bits per heavy atom. The van der Waals surface area contributed by atoms with Crippen molar-refractivity contribution in [2.24, 2.45) is 0 Å². The zero-order valence-electron chi connectivity index (χ0n) is 34.0. The van der Waals surface area contributed by atoms with E-state index in [4.69, 9.17) is 9.97 Å². The summed E-state index contributed by atoms with van der Waals surface area (Å²) in [7, 11) is 0. The average Bonchev–Trinajstić information content (AvgIpc) is 4.08. The van der Waals surface area contributed by atoms with Crippen molar-refractivity contribution in [2.45, 2.75) is 46.0 Å². The maximum absolute atomic E-state index is 9.94. The fraction of sp³-hybridized carbons (Fsp3) is 0.170. The number of rotatable bonds is 9. The fourth-order valence-corrected chi connectivity index (χ4v) is 8.53. The first-order valence-corrected chi connectivity index (χ1v) is 20.4. The first-order chi connectivity index (χ1) is 28.7. The van der Waals surface area contributed by atoms with E-state index in [0.29, 0.717) is 12.8 Å². The Morgan fingerprint density at radius 1 is 0.407 bits per heavy atom. The molecule has 5 heterocycles. The van der Waals surface area contributed by atoms with Gasteiger partial charge >= 0.3 is 0 Å². The molecular weight excluding hydrogens is 725 g/mol. The largest absolute Gasteiger partial charge is 0.396 e. The molecule has 292 valence electrons. The standard InChI is InChI=1S/C53H48N4O2/c1-33-5-11-36(12-6-33)49-41-21-23-43(54-41)50(37-13-7-34(2)8-14-37)45-25-27-47(56-45)52(39-17-19-40(20-18-39)53(4,29-31-58)30-32-59)48-28-26-46(57-48)51(44-24-22-42(49)55-44)38-15-9-35(3)10-16-38/h5-28,54,57-59H,29-32H2,1-4H3. The fourth-order valence-electron chi connectivity index (χ4n) is 8.53. The lowest BCUT2D eigenvalue weighted by molar-refractivity contribution is 0.200. The number of nitrogens with zero attached hydrogens (tertiary/aromatic N) is 2. The van der Waals surface area contributed by atoms with Gasteiger partial charge in [0.25, 0.3) is 0 Å². The Hall–Kier alpha value is -6.60. The third kappa shape index (κ3) is 7.26. The molecule has 4 aromatic carbocycles. The molecule has 6 heteroatoms. The van der Waals surface area contributed by atoms with Crippen LogP contribution in [-0.2, 0) is 5.41 Å². The predicted octanol–water partition coefficient (Wildman–Crippen LogP) is 12.3. The van der Waals surface area contributed by atoms with Gasteiger partial charge in [-0.2, -0.15) is 0 Å². The molecule has 2 aliphatic heterocycles. The molecular formula is C53H48N4O2. The lowest BCUT2D eigenvalue weighted by Gasteiger charge is -2.29. The van der Waals surface area contributed by atoms with Gasteiger partial charge in [-0.05, 0) is 115 Å². The Kier molecular flexibility index (Phi) is 10.1. The molecule has 4 N–H and O–H groups in total. The van der Waals surface area contributed by atoms with Gasteiger partial charge in [0, 0.05) is 57.5 Å². The lowest BCUT2D eigenvalue weighted by atomic mass is 9.77. The first-order valence-electron chi connectivity index (χ1n) is 20.4. The van der Waals surface area contributed by atoms with Gasteiger partial charge in [0.2, 0.25) is 0 Å². The molecule has 9 rings (SSSR count). The van der Waals surface area contributed by atoms with Crippen molar-refractivity contribution < 1.29 is 10.2 Å². The Morgan fingerprint density at radius 3 is 0.949 bits per heavy atom. The lowest BCUT2D eigenvalue weighted by Crippen LogP contribution is -2.25. The van der Waals surface area contributed by atoms with Crippen LogP contribution in [0.15, 0.2) is 121 Å². The number of aliphatic hydroxyl groups is 2. The van der Waals surface area contributed by atoms with Crippen molar-refractivity contribution in [3.05, 3.63) is 166 Å². The zero-order chi connectivity index (χ0) is 40.7. The molecule has 0 spiro atoms. The Labute approximate surface area is 345 Å². The van der Waals surface area contributed by atoms with E-state index in [1.165, 1.54) is 16.7 Å². The van der Waals surface area contributed by atoms with Gasteiger partial charge in [0.05, 0.1) is 22.8 Å². The highest BCUT2D eigenvalue weighted by Gasteiger charge is 2.26. The van der Waals surface area contributed by atoms with Crippen molar-refractivity contribution in [2.75, 3.05) is 13.2 Å². The molecule has 6 nitrogen and oxygen atoms in total. The summed E-state index contributed by atoms with van der Waals surface area (Å²) in [6, 6.07) is 43.1. The highest BCUT2D eigenvalue weighted by Crippen LogP contribution is 2.39. The van der Waals surface area contributed by atoms with Crippen LogP contribution in [0.2, 0.25) is 0 Å². The van der Waals surface area contributed by atoms with Crippen LogP contribution in [0.25, 0.3) is 90.9 Å². The van der Waals surface area contributed by atoms with E-state index < -0.39 is 0 Å². The second-order valence-electron chi connectivity index (χ2n) is 16.2. The molecule has 7 aromatic rings. The predicted molar refractivity (Wildman–Crippen MR) is 246 cm³/mol. The van der Waals surface area contributed by atoms with Crippen LogP contribution in [0, 0.1) is 20.8 Å². The molecule has 0 atom stereocenters. The number of aromatic amines is 2. The number of H-pyrrole nitrogens is 2. The van der Waals surface area contributed by atoms with E-state index >= 15 is 0 Å². The minimum absolute atomic E-state index is 0.0497.